The maximum atomic E-state index is 10.2. The molecule has 2 aromatic rings. The minimum atomic E-state index is -0.599. The summed E-state index contributed by atoms with van der Waals surface area (Å²) in [5, 5.41) is 21.6. The molecule has 2 aromatic carbocycles. The molecule has 2 nitrogen and oxygen atoms in total. The molecule has 0 heterocycles. The summed E-state index contributed by atoms with van der Waals surface area (Å²) in [6, 6.07) is 10.9. The number of rotatable bonds is 3. The molecular weight excluding hydrogens is 212 g/mol. The Bertz CT molecular complexity index is 546. The summed E-state index contributed by atoms with van der Waals surface area (Å²) in [5.74, 6) is 0.214. The molecule has 0 unspecified atom stereocenters. The van der Waals surface area contributed by atoms with Gasteiger partial charge in [0.1, 0.15) is 5.75 Å². The van der Waals surface area contributed by atoms with Crippen LogP contribution in [0.1, 0.15) is 18.6 Å². The Labute approximate surface area is 101 Å². The molecule has 2 heteroatoms. The summed E-state index contributed by atoms with van der Waals surface area (Å²) in [5.41, 5.74) is 0.825. The lowest BCUT2D eigenvalue weighted by Gasteiger charge is -2.18. The number of hydrogen-bond donors (Lipinski definition) is 2. The molecular formula is C15H16O2. The number of phenolic OH excluding ortho intramolecular Hbond substituents is 1. The standard InChI is InChI=1S/C15H16O2/c1-3-10(2)15(17)13-8-9-14(16)12-7-5-4-6-11(12)13/h3-10,15-17H,1H2,2H3/t10-,15-/m0/s1. The maximum Gasteiger partial charge on any atom is 0.123 e. The smallest absolute Gasteiger partial charge is 0.123 e. The molecule has 0 aliphatic heterocycles. The molecule has 2 rings (SSSR count). The van der Waals surface area contributed by atoms with E-state index in [-0.39, 0.29) is 11.7 Å². The monoisotopic (exact) mass is 228 g/mol. The minimum Gasteiger partial charge on any atom is -0.507 e. The highest BCUT2D eigenvalue weighted by Gasteiger charge is 2.16. The van der Waals surface area contributed by atoms with E-state index in [4.69, 9.17) is 0 Å². The van der Waals surface area contributed by atoms with Crippen molar-refractivity contribution in [2.24, 2.45) is 5.92 Å². The number of benzene rings is 2. The lowest BCUT2D eigenvalue weighted by atomic mass is 9.93. The zero-order valence-electron chi connectivity index (χ0n) is 9.80. The van der Waals surface area contributed by atoms with E-state index >= 15 is 0 Å². The van der Waals surface area contributed by atoms with Crippen molar-refractivity contribution < 1.29 is 10.2 Å². The molecule has 0 saturated heterocycles. The van der Waals surface area contributed by atoms with Gasteiger partial charge in [-0.25, -0.2) is 0 Å². The molecule has 2 N–H and O–H groups in total. The van der Waals surface area contributed by atoms with Gasteiger partial charge in [-0.3, -0.25) is 0 Å². The van der Waals surface area contributed by atoms with E-state index in [0.29, 0.717) is 0 Å². The highest BCUT2D eigenvalue weighted by atomic mass is 16.3. The Hall–Kier alpha value is -1.80. The van der Waals surface area contributed by atoms with Crippen molar-refractivity contribution in [2.45, 2.75) is 13.0 Å². The van der Waals surface area contributed by atoms with Gasteiger partial charge in [0.2, 0.25) is 0 Å². The van der Waals surface area contributed by atoms with Crippen molar-refractivity contribution in [3.8, 4) is 5.75 Å². The molecule has 17 heavy (non-hydrogen) atoms. The molecule has 0 aliphatic carbocycles. The van der Waals surface area contributed by atoms with Gasteiger partial charge < -0.3 is 10.2 Å². The second-order valence-corrected chi connectivity index (χ2v) is 4.26. The van der Waals surface area contributed by atoms with Crippen molar-refractivity contribution in [3.05, 3.63) is 54.6 Å². The zero-order chi connectivity index (χ0) is 12.4. The fourth-order valence-corrected chi connectivity index (χ4v) is 1.98. The van der Waals surface area contributed by atoms with E-state index in [9.17, 15) is 10.2 Å². The van der Waals surface area contributed by atoms with Crippen LogP contribution in [0.5, 0.6) is 5.75 Å². The van der Waals surface area contributed by atoms with Crippen LogP contribution in [-0.4, -0.2) is 10.2 Å². The lowest BCUT2D eigenvalue weighted by Crippen LogP contribution is -2.06. The Balaban J connectivity index is 2.62. The van der Waals surface area contributed by atoms with Gasteiger partial charge in [-0.15, -0.1) is 6.58 Å². The van der Waals surface area contributed by atoms with Crippen LogP contribution in [0.15, 0.2) is 49.1 Å². The largest absolute Gasteiger partial charge is 0.507 e. The number of aliphatic hydroxyl groups is 1. The summed E-state index contributed by atoms with van der Waals surface area (Å²) < 4.78 is 0. The van der Waals surface area contributed by atoms with Gasteiger partial charge in [-0.2, -0.15) is 0 Å². The normalized spacial score (nSPS) is 14.5. The topological polar surface area (TPSA) is 40.5 Å². The SMILES string of the molecule is C=C[C@H](C)[C@H](O)c1ccc(O)c2ccccc12. The van der Waals surface area contributed by atoms with Crippen LogP contribution in [0.3, 0.4) is 0 Å². The van der Waals surface area contributed by atoms with Gasteiger partial charge in [-0.1, -0.05) is 43.3 Å². The quantitative estimate of drug-likeness (QED) is 0.790. The molecule has 2 atom stereocenters. The highest BCUT2D eigenvalue weighted by molar-refractivity contribution is 5.91. The summed E-state index contributed by atoms with van der Waals surface area (Å²) >= 11 is 0. The van der Waals surface area contributed by atoms with Gasteiger partial charge in [-0.05, 0) is 17.0 Å². The van der Waals surface area contributed by atoms with Crippen LogP contribution in [-0.2, 0) is 0 Å². The average molecular weight is 228 g/mol. The zero-order valence-corrected chi connectivity index (χ0v) is 9.80. The number of fused-ring (bicyclic) bond motifs is 1. The van der Waals surface area contributed by atoms with Gasteiger partial charge >= 0.3 is 0 Å². The predicted molar refractivity (Wildman–Crippen MR) is 69.9 cm³/mol. The van der Waals surface area contributed by atoms with Crippen LogP contribution < -0.4 is 0 Å². The van der Waals surface area contributed by atoms with Gasteiger partial charge in [0.05, 0.1) is 6.10 Å². The Morgan fingerprint density at radius 3 is 2.41 bits per heavy atom. The van der Waals surface area contributed by atoms with E-state index in [1.165, 1.54) is 0 Å². The molecule has 0 fully saturated rings. The molecule has 0 amide bonds. The number of phenols is 1. The second kappa shape index (κ2) is 4.60. The molecule has 0 saturated carbocycles. The summed E-state index contributed by atoms with van der Waals surface area (Å²) in [4.78, 5) is 0. The van der Waals surface area contributed by atoms with Crippen LogP contribution in [0, 0.1) is 5.92 Å². The average Bonchev–Trinajstić information content (AvgIpc) is 2.38. The van der Waals surface area contributed by atoms with Crippen molar-refractivity contribution in [1.82, 2.24) is 0 Å². The first-order valence-corrected chi connectivity index (χ1v) is 5.66. The summed E-state index contributed by atoms with van der Waals surface area (Å²) in [7, 11) is 0. The summed E-state index contributed by atoms with van der Waals surface area (Å²) in [6.45, 7) is 5.61. The van der Waals surface area contributed by atoms with Gasteiger partial charge in [0.25, 0.3) is 0 Å². The van der Waals surface area contributed by atoms with Gasteiger partial charge in [0, 0.05) is 11.3 Å². The first-order chi connectivity index (χ1) is 8.15. The third-order valence-corrected chi connectivity index (χ3v) is 3.12. The van der Waals surface area contributed by atoms with Crippen molar-refractivity contribution >= 4 is 10.8 Å². The van der Waals surface area contributed by atoms with E-state index in [1.54, 1.807) is 18.2 Å². The predicted octanol–water partition coefficient (Wildman–Crippen LogP) is 3.40. The minimum absolute atomic E-state index is 0.0250. The first-order valence-electron chi connectivity index (χ1n) is 5.66. The molecule has 0 spiro atoms. The third-order valence-electron chi connectivity index (χ3n) is 3.12. The fourth-order valence-electron chi connectivity index (χ4n) is 1.98. The number of aliphatic hydroxyl groups excluding tert-OH is 1. The Morgan fingerprint density at radius 1 is 1.12 bits per heavy atom. The van der Waals surface area contributed by atoms with Gasteiger partial charge in [0.15, 0.2) is 0 Å². The van der Waals surface area contributed by atoms with E-state index < -0.39 is 6.10 Å². The molecule has 0 aromatic heterocycles. The van der Waals surface area contributed by atoms with Crippen molar-refractivity contribution in [3.63, 3.8) is 0 Å². The Morgan fingerprint density at radius 2 is 1.76 bits per heavy atom. The highest BCUT2D eigenvalue weighted by Crippen LogP contribution is 2.33. The molecule has 88 valence electrons. The first kappa shape index (κ1) is 11.7. The maximum absolute atomic E-state index is 10.2. The van der Waals surface area contributed by atoms with E-state index in [2.05, 4.69) is 6.58 Å². The van der Waals surface area contributed by atoms with E-state index in [1.807, 2.05) is 31.2 Å². The Kier molecular flexibility index (Phi) is 3.16. The van der Waals surface area contributed by atoms with Crippen LogP contribution in [0.4, 0.5) is 0 Å². The van der Waals surface area contributed by atoms with Crippen molar-refractivity contribution in [2.75, 3.05) is 0 Å². The van der Waals surface area contributed by atoms with Crippen LogP contribution in [0.2, 0.25) is 0 Å². The fraction of sp³-hybridized carbons (Fsp3) is 0.200. The number of aromatic hydroxyl groups is 1. The second-order valence-electron chi connectivity index (χ2n) is 4.26. The van der Waals surface area contributed by atoms with Crippen molar-refractivity contribution in [1.29, 1.82) is 0 Å². The van der Waals surface area contributed by atoms with Crippen LogP contribution in [0.25, 0.3) is 10.8 Å². The molecule has 0 aliphatic rings. The van der Waals surface area contributed by atoms with E-state index in [0.717, 1.165) is 16.3 Å². The molecule has 0 radical (unpaired) electrons. The third kappa shape index (κ3) is 2.04. The number of hydrogen-bond acceptors (Lipinski definition) is 2. The molecule has 0 bridgehead atoms. The summed E-state index contributed by atoms with van der Waals surface area (Å²) in [6.07, 6.45) is 1.13. The van der Waals surface area contributed by atoms with Crippen LogP contribution >= 0.6 is 0 Å². The lowest BCUT2D eigenvalue weighted by molar-refractivity contribution is 0.141.